The molecule has 2 aliphatic heterocycles. The van der Waals surface area contributed by atoms with Gasteiger partial charge in [0.1, 0.15) is 49.3 Å². The van der Waals surface area contributed by atoms with Gasteiger partial charge in [0.2, 0.25) is 0 Å². The summed E-state index contributed by atoms with van der Waals surface area (Å²) in [7, 11) is 0. The number of ether oxygens (including phenoxy) is 4. The van der Waals surface area contributed by atoms with Crippen LogP contribution in [-0.2, 0) is 23.7 Å². The van der Waals surface area contributed by atoms with E-state index in [2.05, 4.69) is 6.92 Å². The van der Waals surface area contributed by atoms with Gasteiger partial charge >= 0.3 is 5.97 Å². The number of carbonyl (C=O) groups is 1. The smallest absolute Gasteiger partial charge is 0.305 e. The summed E-state index contributed by atoms with van der Waals surface area (Å²) in [6, 6.07) is 0. The molecule has 7 N–H and O–H groups in total. The third kappa shape index (κ3) is 9.06. The lowest BCUT2D eigenvalue weighted by Crippen LogP contribution is -2.62. The third-order valence-corrected chi connectivity index (χ3v) is 7.29. The van der Waals surface area contributed by atoms with Crippen LogP contribution in [0.5, 0.6) is 0 Å². The quantitative estimate of drug-likeness (QED) is 0.0901. The molecule has 2 heterocycles. The second-order valence-electron chi connectivity index (χ2n) is 10.2. The van der Waals surface area contributed by atoms with Gasteiger partial charge in [0.15, 0.2) is 0 Å². The summed E-state index contributed by atoms with van der Waals surface area (Å²) in [5.41, 5.74) is -1.38. The number of aliphatic hydroxyl groups is 7. The Labute approximate surface area is 218 Å². The first-order valence-electron chi connectivity index (χ1n) is 13.3. The fourth-order valence-electron chi connectivity index (χ4n) is 4.65. The number of carbonyl (C=O) groups excluding carboxylic acids is 1. The summed E-state index contributed by atoms with van der Waals surface area (Å²) in [6.45, 7) is -0.0180. The fourth-order valence-corrected chi connectivity index (χ4v) is 4.65. The first kappa shape index (κ1) is 32.3. The van der Waals surface area contributed by atoms with E-state index in [0.29, 0.717) is 6.42 Å². The minimum absolute atomic E-state index is 0.195. The van der Waals surface area contributed by atoms with Crippen molar-refractivity contribution in [3.8, 4) is 0 Å². The lowest BCUT2D eigenvalue weighted by atomic mass is 9.78. The highest BCUT2D eigenvalue weighted by atomic mass is 16.6. The highest BCUT2D eigenvalue weighted by Crippen LogP contribution is 2.32. The summed E-state index contributed by atoms with van der Waals surface area (Å²) in [6.07, 6.45) is -2.98. The molecule has 12 heteroatoms. The molecular weight excluding hydrogens is 492 g/mol. The average molecular weight is 539 g/mol. The molecule has 0 aromatic heterocycles. The second-order valence-corrected chi connectivity index (χ2v) is 10.2. The Bertz CT molecular complexity index is 651. The molecule has 2 saturated heterocycles. The van der Waals surface area contributed by atoms with Crippen LogP contribution >= 0.6 is 0 Å². The maximum Gasteiger partial charge on any atom is 0.305 e. The second kappa shape index (κ2) is 16.2. The van der Waals surface area contributed by atoms with E-state index in [4.69, 9.17) is 18.9 Å². The molecule has 0 saturated carbocycles. The number of unbranched alkanes of at least 4 members (excludes halogenated alkanes) is 6. The molecule has 12 nitrogen and oxygen atoms in total. The van der Waals surface area contributed by atoms with E-state index >= 15 is 0 Å². The predicted molar refractivity (Wildman–Crippen MR) is 129 cm³/mol. The van der Waals surface area contributed by atoms with Crippen LogP contribution in [0.3, 0.4) is 0 Å². The van der Waals surface area contributed by atoms with Gasteiger partial charge in [-0.25, -0.2) is 0 Å². The van der Waals surface area contributed by atoms with Crippen molar-refractivity contribution in [3.63, 3.8) is 0 Å². The Morgan fingerprint density at radius 2 is 1.46 bits per heavy atom. The van der Waals surface area contributed by atoms with Crippen molar-refractivity contribution in [2.45, 2.75) is 107 Å². The summed E-state index contributed by atoms with van der Waals surface area (Å²) < 4.78 is 21.8. The Kier molecular flexibility index (Phi) is 14.2. The Morgan fingerprint density at radius 1 is 0.838 bits per heavy atom. The van der Waals surface area contributed by atoms with E-state index in [1.54, 1.807) is 0 Å². The van der Waals surface area contributed by atoms with E-state index in [1.165, 1.54) is 19.3 Å². The zero-order valence-electron chi connectivity index (χ0n) is 21.7. The molecule has 3 unspecified atom stereocenters. The SMILES string of the molecule is CCCCCCCCCC(=O)OCC1O[C@H](COC[C@]2(CO)CO[C@@H](CO)C(O)[C@H]2O)C(O)[C@@H](O)[C@H]1O. The van der Waals surface area contributed by atoms with Crippen LogP contribution in [0.15, 0.2) is 0 Å². The first-order chi connectivity index (χ1) is 17.7. The largest absolute Gasteiger partial charge is 0.463 e. The monoisotopic (exact) mass is 538 g/mol. The standard InChI is InChI=1S/C25H46O12/c1-2-3-4-5-6-7-8-9-19(28)35-12-18-21(30)23(32)20(29)17(37-18)11-34-14-25(13-27)15-36-16(10-26)22(31)24(25)33/h16-18,20-24,26-27,29-33H,2-15H2,1H3/t16-,17+,18?,20?,21-,22?,23+,24+,25+/m0/s1. The molecule has 0 aliphatic carbocycles. The molecule has 2 fully saturated rings. The van der Waals surface area contributed by atoms with Crippen molar-refractivity contribution >= 4 is 5.97 Å². The van der Waals surface area contributed by atoms with Gasteiger partial charge in [-0.15, -0.1) is 0 Å². The molecular formula is C25H46O12. The van der Waals surface area contributed by atoms with E-state index < -0.39 is 73.4 Å². The van der Waals surface area contributed by atoms with Crippen LogP contribution in [0.25, 0.3) is 0 Å². The fraction of sp³-hybridized carbons (Fsp3) is 0.960. The van der Waals surface area contributed by atoms with Crippen molar-refractivity contribution in [2.75, 3.05) is 39.6 Å². The Balaban J connectivity index is 1.79. The summed E-state index contributed by atoms with van der Waals surface area (Å²) in [5, 5.41) is 70.5. The van der Waals surface area contributed by atoms with Crippen molar-refractivity contribution in [1.29, 1.82) is 0 Å². The Hall–Kier alpha value is -0.930. The topological polar surface area (TPSA) is 196 Å². The summed E-state index contributed by atoms with van der Waals surface area (Å²) >= 11 is 0. The molecule has 9 atom stereocenters. The van der Waals surface area contributed by atoms with E-state index in [9.17, 15) is 40.5 Å². The minimum Gasteiger partial charge on any atom is -0.463 e. The van der Waals surface area contributed by atoms with Crippen LogP contribution in [-0.4, -0.2) is 130 Å². The number of esters is 1. The van der Waals surface area contributed by atoms with Gasteiger partial charge in [-0.3, -0.25) is 4.79 Å². The molecule has 0 amide bonds. The van der Waals surface area contributed by atoms with Gasteiger partial charge in [-0.2, -0.15) is 0 Å². The van der Waals surface area contributed by atoms with Crippen LogP contribution in [0.2, 0.25) is 0 Å². The number of hydrogen-bond donors (Lipinski definition) is 7. The molecule has 0 aromatic rings. The van der Waals surface area contributed by atoms with Crippen LogP contribution < -0.4 is 0 Å². The van der Waals surface area contributed by atoms with Crippen molar-refractivity contribution in [3.05, 3.63) is 0 Å². The van der Waals surface area contributed by atoms with Gasteiger partial charge < -0.3 is 54.7 Å². The van der Waals surface area contributed by atoms with E-state index in [1.807, 2.05) is 0 Å². The van der Waals surface area contributed by atoms with E-state index in [0.717, 1.165) is 19.3 Å². The van der Waals surface area contributed by atoms with Crippen LogP contribution in [0.1, 0.15) is 58.3 Å². The number of hydrogen-bond acceptors (Lipinski definition) is 12. The first-order valence-corrected chi connectivity index (χ1v) is 13.3. The molecule has 0 bridgehead atoms. The van der Waals surface area contributed by atoms with Crippen molar-refractivity contribution in [1.82, 2.24) is 0 Å². The highest BCUT2D eigenvalue weighted by Gasteiger charge is 2.50. The van der Waals surface area contributed by atoms with Gasteiger partial charge in [-0.05, 0) is 6.42 Å². The molecule has 37 heavy (non-hydrogen) atoms. The maximum atomic E-state index is 12.1. The van der Waals surface area contributed by atoms with Gasteiger partial charge in [0.05, 0.1) is 44.6 Å². The van der Waals surface area contributed by atoms with Crippen LogP contribution in [0, 0.1) is 5.41 Å². The highest BCUT2D eigenvalue weighted by molar-refractivity contribution is 5.69. The molecule has 2 rings (SSSR count). The summed E-state index contributed by atoms with van der Waals surface area (Å²) in [5.74, 6) is -0.436. The molecule has 218 valence electrons. The lowest BCUT2D eigenvalue weighted by Gasteiger charge is -2.45. The minimum atomic E-state index is -1.57. The molecule has 2 aliphatic rings. The Morgan fingerprint density at radius 3 is 2.08 bits per heavy atom. The lowest BCUT2D eigenvalue weighted by molar-refractivity contribution is -0.255. The van der Waals surface area contributed by atoms with Crippen molar-refractivity contribution in [2.24, 2.45) is 5.41 Å². The zero-order valence-corrected chi connectivity index (χ0v) is 21.7. The number of aliphatic hydroxyl groups excluding tert-OH is 7. The normalized spacial score (nSPS) is 36.4. The molecule has 0 spiro atoms. The van der Waals surface area contributed by atoms with Gasteiger partial charge in [-0.1, -0.05) is 45.4 Å². The van der Waals surface area contributed by atoms with Gasteiger partial charge in [0, 0.05) is 6.42 Å². The average Bonchev–Trinajstić information content (AvgIpc) is 2.90. The van der Waals surface area contributed by atoms with Gasteiger partial charge in [0.25, 0.3) is 0 Å². The molecule has 0 aromatic carbocycles. The zero-order chi connectivity index (χ0) is 27.4. The molecule has 0 radical (unpaired) electrons. The van der Waals surface area contributed by atoms with Crippen molar-refractivity contribution < 1.29 is 59.5 Å². The number of rotatable bonds is 16. The summed E-state index contributed by atoms with van der Waals surface area (Å²) in [4.78, 5) is 12.1. The maximum absolute atomic E-state index is 12.1. The van der Waals surface area contributed by atoms with Crippen LogP contribution in [0.4, 0.5) is 0 Å². The predicted octanol–water partition coefficient (Wildman–Crippen LogP) is -1.37. The van der Waals surface area contributed by atoms with E-state index in [-0.39, 0.29) is 32.8 Å². The third-order valence-electron chi connectivity index (χ3n) is 7.29.